The topological polar surface area (TPSA) is 29.5 Å². The molecule has 0 radical (unpaired) electrons. The zero-order chi connectivity index (χ0) is 10.0. The fraction of sp³-hybridized carbons (Fsp3) is 0.556. The molecule has 3 heteroatoms. The zero-order valence-electron chi connectivity index (χ0n) is 8.29. The Morgan fingerprint density at radius 2 is 1.67 bits per heavy atom. The van der Waals surface area contributed by atoms with Gasteiger partial charge in [-0.2, -0.15) is 0 Å². The number of hydrogen-bond acceptors (Lipinski definition) is 2. The first kappa shape index (κ1) is 13.8. The van der Waals surface area contributed by atoms with Crippen molar-refractivity contribution in [2.75, 3.05) is 34.3 Å². The van der Waals surface area contributed by atoms with E-state index in [4.69, 9.17) is 5.11 Å². The first-order valence-electron chi connectivity index (χ1n) is 3.76. The largest absolute Gasteiger partial charge is 0.474 e. The van der Waals surface area contributed by atoms with Crippen LogP contribution < -0.4 is 0 Å². The molecule has 0 rings (SSSR count). The molecule has 3 nitrogen and oxygen atoms in total. The highest BCUT2D eigenvalue weighted by Gasteiger charge is 2.02. The Labute approximate surface area is 75.2 Å². The second kappa shape index (κ2) is 8.30. The average Bonchev–Trinajstić information content (AvgIpc) is 1.87. The van der Waals surface area contributed by atoms with Crippen LogP contribution in [-0.2, 0) is 4.74 Å². The minimum atomic E-state index is 0.281. The molecule has 0 unspecified atom stereocenters. The predicted molar refractivity (Wildman–Crippen MR) is 51.5 cm³/mol. The molecular weight excluding hydrogens is 154 g/mol. The maximum absolute atomic E-state index is 8.39. The van der Waals surface area contributed by atoms with Gasteiger partial charge in [0.15, 0.2) is 0 Å². The zero-order valence-corrected chi connectivity index (χ0v) is 8.29. The van der Waals surface area contributed by atoms with Crippen LogP contribution in [0.15, 0.2) is 25.7 Å². The Bertz CT molecular complexity index is 110. The lowest BCUT2D eigenvalue weighted by atomic mass is 10.5. The van der Waals surface area contributed by atoms with E-state index in [-0.39, 0.29) is 6.61 Å². The molecule has 0 aliphatic rings. The van der Waals surface area contributed by atoms with E-state index in [0.29, 0.717) is 0 Å². The van der Waals surface area contributed by atoms with E-state index in [9.17, 15) is 0 Å². The molecule has 0 saturated heterocycles. The van der Waals surface area contributed by atoms with Gasteiger partial charge >= 0.3 is 0 Å². The molecule has 12 heavy (non-hydrogen) atoms. The summed E-state index contributed by atoms with van der Waals surface area (Å²) in [4.78, 5) is 0. The average molecular weight is 174 g/mol. The number of aliphatic hydroxyl groups excluding tert-OH is 1. The van der Waals surface area contributed by atoms with E-state index >= 15 is 0 Å². The Hall–Kier alpha value is -0.800. The smallest absolute Gasteiger partial charge is 0.101 e. The van der Waals surface area contributed by atoms with Crippen molar-refractivity contribution in [2.45, 2.75) is 0 Å². The number of rotatable bonds is 4. The Kier molecular flexibility index (Phi) is 9.52. The first-order valence-corrected chi connectivity index (χ1v) is 3.76. The Morgan fingerprint density at radius 1 is 1.25 bits per heavy atom. The molecule has 0 heterocycles. The molecule has 0 spiro atoms. The highest BCUT2D eigenvalue weighted by Crippen LogP contribution is 1.84. The first-order chi connectivity index (χ1) is 5.47. The van der Waals surface area contributed by atoms with Gasteiger partial charge in [-0.05, 0) is 0 Å². The van der Waals surface area contributed by atoms with Crippen LogP contribution >= 0.6 is 0 Å². The van der Waals surface area contributed by atoms with Crippen LogP contribution in [0, 0.1) is 0 Å². The van der Waals surface area contributed by atoms with Gasteiger partial charge in [0, 0.05) is 0 Å². The van der Waals surface area contributed by atoms with Gasteiger partial charge in [-0.25, -0.2) is 0 Å². The summed E-state index contributed by atoms with van der Waals surface area (Å²) in [5.74, 6) is 0. The number of hydrogen-bond donors (Lipinski definition) is 1. The van der Waals surface area contributed by atoms with Crippen molar-refractivity contribution in [3.63, 3.8) is 0 Å². The van der Waals surface area contributed by atoms with Crippen LogP contribution in [0.25, 0.3) is 0 Å². The molecule has 0 fully saturated rings. The van der Waals surface area contributed by atoms with Gasteiger partial charge in [-0.15, -0.1) is 0 Å². The van der Waals surface area contributed by atoms with E-state index < -0.39 is 0 Å². The maximum atomic E-state index is 8.39. The second-order valence-electron chi connectivity index (χ2n) is 3.21. The Balaban J connectivity index is 0. The summed E-state index contributed by atoms with van der Waals surface area (Å²) in [6.45, 7) is 7.63. The quantitative estimate of drug-likeness (QED) is 0.508. The summed E-state index contributed by atoms with van der Waals surface area (Å²) < 4.78 is 5.20. The van der Waals surface area contributed by atoms with Crippen molar-refractivity contribution >= 4 is 0 Å². The molecule has 0 aromatic heterocycles. The van der Waals surface area contributed by atoms with Gasteiger partial charge in [0.1, 0.15) is 6.54 Å². The maximum Gasteiger partial charge on any atom is 0.101 e. The molecule has 0 saturated carbocycles. The van der Waals surface area contributed by atoms with Gasteiger partial charge in [0.2, 0.25) is 0 Å². The number of quaternary nitrogens is 1. The van der Waals surface area contributed by atoms with Crippen molar-refractivity contribution in [1.82, 2.24) is 0 Å². The van der Waals surface area contributed by atoms with Gasteiger partial charge in [0.25, 0.3) is 0 Å². The summed E-state index contributed by atoms with van der Waals surface area (Å²) in [7, 11) is 6.16. The van der Waals surface area contributed by atoms with E-state index in [1.54, 1.807) is 0 Å². The molecular formula is C9H20NO2+. The molecule has 0 bridgehead atoms. The third-order valence-corrected chi connectivity index (χ3v) is 0.963. The highest BCUT2D eigenvalue weighted by atomic mass is 16.5. The SMILES string of the molecule is C=COC=C.C[N+](C)(C)CCO. The molecule has 72 valence electrons. The van der Waals surface area contributed by atoms with Crippen LogP contribution in [0.1, 0.15) is 0 Å². The van der Waals surface area contributed by atoms with Gasteiger partial charge in [0.05, 0.1) is 40.3 Å². The predicted octanol–water partition coefficient (Wildman–Crippen LogP) is 0.975. The normalized spacial score (nSPS) is 9.33. The number of likely N-dealkylation sites (N-methyl/N-ethyl adjacent to an activating group) is 1. The Morgan fingerprint density at radius 3 is 1.67 bits per heavy atom. The summed E-state index contributed by atoms with van der Waals surface area (Å²) in [5, 5.41) is 8.39. The summed E-state index contributed by atoms with van der Waals surface area (Å²) in [6, 6.07) is 0. The minimum absolute atomic E-state index is 0.281. The monoisotopic (exact) mass is 174 g/mol. The lowest BCUT2D eigenvalue weighted by molar-refractivity contribution is -0.870. The fourth-order valence-electron chi connectivity index (χ4n) is 0.368. The lowest BCUT2D eigenvalue weighted by Crippen LogP contribution is -2.36. The third-order valence-electron chi connectivity index (χ3n) is 0.963. The summed E-state index contributed by atoms with van der Waals surface area (Å²) in [5.41, 5.74) is 0. The van der Waals surface area contributed by atoms with Crippen LogP contribution in [0.5, 0.6) is 0 Å². The van der Waals surface area contributed by atoms with Crippen LogP contribution in [-0.4, -0.2) is 43.9 Å². The highest BCUT2D eigenvalue weighted by molar-refractivity contribution is 4.57. The van der Waals surface area contributed by atoms with Crippen molar-refractivity contribution in [3.05, 3.63) is 25.7 Å². The number of aliphatic hydroxyl groups is 1. The van der Waals surface area contributed by atoms with Gasteiger partial charge in [-0.1, -0.05) is 13.2 Å². The molecule has 0 aliphatic carbocycles. The van der Waals surface area contributed by atoms with Gasteiger partial charge < -0.3 is 14.3 Å². The van der Waals surface area contributed by atoms with E-state index in [0.717, 1.165) is 11.0 Å². The number of nitrogens with zero attached hydrogens (tertiary/aromatic N) is 1. The lowest BCUT2D eigenvalue weighted by Gasteiger charge is -2.21. The fourth-order valence-corrected chi connectivity index (χ4v) is 0.368. The second-order valence-corrected chi connectivity index (χ2v) is 3.21. The molecule has 0 aromatic carbocycles. The summed E-state index contributed by atoms with van der Waals surface area (Å²) >= 11 is 0. The van der Waals surface area contributed by atoms with Crippen molar-refractivity contribution in [1.29, 1.82) is 0 Å². The van der Waals surface area contributed by atoms with E-state index in [2.05, 4.69) is 39.0 Å². The molecule has 1 N–H and O–H groups in total. The summed E-state index contributed by atoms with van der Waals surface area (Å²) in [6.07, 6.45) is 2.62. The minimum Gasteiger partial charge on any atom is -0.474 e. The van der Waals surface area contributed by atoms with Crippen LogP contribution in [0.4, 0.5) is 0 Å². The van der Waals surface area contributed by atoms with Crippen molar-refractivity contribution in [3.8, 4) is 0 Å². The molecule has 0 aromatic rings. The third kappa shape index (κ3) is 22.9. The van der Waals surface area contributed by atoms with Crippen molar-refractivity contribution in [2.24, 2.45) is 0 Å². The number of ether oxygens (including phenoxy) is 1. The van der Waals surface area contributed by atoms with Crippen LogP contribution in [0.3, 0.4) is 0 Å². The van der Waals surface area contributed by atoms with E-state index in [1.807, 2.05) is 0 Å². The van der Waals surface area contributed by atoms with Gasteiger partial charge in [-0.3, -0.25) is 0 Å². The van der Waals surface area contributed by atoms with E-state index in [1.165, 1.54) is 12.5 Å². The molecule has 0 atom stereocenters. The molecule has 0 amide bonds. The standard InChI is InChI=1S/C5H14NO.C4H6O/c1-6(2,3)4-5-7;1-3-5-4-2/h7H,4-5H2,1-3H3;3-4H,1-2H2/q+1;. The van der Waals surface area contributed by atoms with Crippen LogP contribution in [0.2, 0.25) is 0 Å². The van der Waals surface area contributed by atoms with Crippen molar-refractivity contribution < 1.29 is 14.3 Å². The molecule has 0 aliphatic heterocycles.